The lowest BCUT2D eigenvalue weighted by atomic mass is 9.71. The first kappa shape index (κ1) is 65.0. The van der Waals surface area contributed by atoms with E-state index in [9.17, 15) is 0 Å². The summed E-state index contributed by atoms with van der Waals surface area (Å²) in [7, 11) is 8.79. The first-order valence-electron chi connectivity index (χ1n) is 38.0. The second kappa shape index (κ2) is 25.9. The van der Waals surface area contributed by atoms with E-state index in [0.29, 0.717) is 0 Å². The van der Waals surface area contributed by atoms with Crippen LogP contribution in [0.15, 0.2) is 364 Å². The lowest BCUT2D eigenvalue weighted by Gasteiger charge is -2.42. The number of benzene rings is 19. The Balaban J connectivity index is 0.0000000955. The molecule has 4 heteroatoms. The van der Waals surface area contributed by atoms with E-state index in [-0.39, 0.29) is 5.41 Å². The van der Waals surface area contributed by atoms with Gasteiger partial charge in [-0.25, -0.2) is 0 Å². The third-order valence-electron chi connectivity index (χ3n) is 23.7. The van der Waals surface area contributed by atoms with Gasteiger partial charge in [-0.1, -0.05) is 335 Å². The van der Waals surface area contributed by atoms with Crippen molar-refractivity contribution in [2.24, 2.45) is 0 Å². The van der Waals surface area contributed by atoms with Gasteiger partial charge < -0.3 is 19.6 Å². The second-order valence-electron chi connectivity index (χ2n) is 30.0. The molecule has 0 N–H and O–H groups in total. The molecule has 4 aliphatic heterocycles. The average Bonchev–Trinajstić information content (AvgIpc) is 1.65. The molecule has 0 unspecified atom stereocenters. The van der Waals surface area contributed by atoms with Gasteiger partial charge in [-0.3, -0.25) is 0 Å². The molecule has 4 heterocycles. The van der Waals surface area contributed by atoms with Crippen LogP contribution in [0.4, 0.5) is 45.5 Å². The maximum Gasteiger partial charge on any atom is 0.0567 e. The standard InChI is InChI=1S/3C27H19N.C24H21N/c1-28-26-16-20-10-4-2-8-18(20)14-24(26)22-12-6-7-13-23(22)25-15-19-9-3-5-11-21(19)17-27(25)28;1-28-24-16-14-18-8-2-4-10-20(18)26(24)22-12-6-7-13-23(22)27-21-11-5-3-9-19(21)15-17-25(27)28;1-28-26-20-10-4-2-8-18(20)14-16-24(26)22-12-6-7-13-23(22)25-17-15-19-9-3-5-11-21(19)27(25)28;1-24(2)20-14-8-9-15-21(20)25(3)23-19-13-7-5-11-17(19)16-10-4-6-12-18(16)22(23)24/h3*2-17H,1H3;4-15H,1-3H3. The Morgan fingerprint density at radius 1 is 0.183 bits per heavy atom. The lowest BCUT2D eigenvalue weighted by molar-refractivity contribution is 0.637. The smallest absolute Gasteiger partial charge is 0.0567 e. The molecule has 0 aliphatic carbocycles. The van der Waals surface area contributed by atoms with Gasteiger partial charge in [-0.05, 0) is 157 Å². The Kier molecular flexibility index (Phi) is 15.5. The van der Waals surface area contributed by atoms with Gasteiger partial charge in [0, 0.05) is 112 Å². The van der Waals surface area contributed by atoms with Gasteiger partial charge in [0.1, 0.15) is 0 Å². The van der Waals surface area contributed by atoms with E-state index in [1.54, 1.807) is 0 Å². The molecule has 23 rings (SSSR count). The van der Waals surface area contributed by atoms with Crippen molar-refractivity contribution in [1.82, 2.24) is 0 Å². The molecule has 19 aromatic carbocycles. The molecule has 19 aromatic rings. The van der Waals surface area contributed by atoms with Crippen LogP contribution in [-0.4, -0.2) is 28.2 Å². The summed E-state index contributed by atoms with van der Waals surface area (Å²) < 4.78 is 0. The predicted molar refractivity (Wildman–Crippen MR) is 469 cm³/mol. The minimum absolute atomic E-state index is 0.0396. The average molecular weight is 1400 g/mol. The number of fused-ring (bicyclic) bond motifs is 32. The van der Waals surface area contributed by atoms with Crippen LogP contribution >= 0.6 is 0 Å². The minimum Gasteiger partial charge on any atom is -0.344 e. The molecule has 0 bridgehead atoms. The highest BCUT2D eigenvalue weighted by molar-refractivity contribution is 6.19. The van der Waals surface area contributed by atoms with E-state index in [1.165, 1.54) is 210 Å². The van der Waals surface area contributed by atoms with Crippen LogP contribution in [-0.2, 0) is 5.41 Å². The highest BCUT2D eigenvalue weighted by atomic mass is 15.1. The number of para-hydroxylation sites is 1. The van der Waals surface area contributed by atoms with Gasteiger partial charge in [0.25, 0.3) is 0 Å². The molecule has 0 atom stereocenters. The summed E-state index contributed by atoms with van der Waals surface area (Å²) >= 11 is 0. The topological polar surface area (TPSA) is 13.0 Å². The first-order chi connectivity index (χ1) is 53.6. The number of hydrogen-bond acceptors (Lipinski definition) is 4. The van der Waals surface area contributed by atoms with Crippen molar-refractivity contribution in [2.75, 3.05) is 47.8 Å². The zero-order chi connectivity index (χ0) is 73.2. The molecule has 0 fully saturated rings. The van der Waals surface area contributed by atoms with Crippen molar-refractivity contribution in [1.29, 1.82) is 0 Å². The van der Waals surface area contributed by atoms with Gasteiger partial charge in [0.05, 0.1) is 17.1 Å². The molecule has 109 heavy (non-hydrogen) atoms. The summed E-state index contributed by atoms with van der Waals surface area (Å²) in [6, 6.07) is 132. The van der Waals surface area contributed by atoms with Crippen LogP contribution in [0.2, 0.25) is 0 Å². The van der Waals surface area contributed by atoms with Crippen molar-refractivity contribution < 1.29 is 0 Å². The predicted octanol–water partition coefficient (Wildman–Crippen LogP) is 28.6. The summed E-state index contributed by atoms with van der Waals surface area (Å²) in [6.45, 7) is 4.72. The molecule has 0 aromatic heterocycles. The van der Waals surface area contributed by atoms with Gasteiger partial charge in [-0.2, -0.15) is 0 Å². The zero-order valence-corrected chi connectivity index (χ0v) is 61.9. The molecule has 0 radical (unpaired) electrons. The van der Waals surface area contributed by atoms with Crippen molar-refractivity contribution in [3.8, 4) is 66.8 Å². The Morgan fingerprint density at radius 2 is 0.495 bits per heavy atom. The van der Waals surface area contributed by atoms with E-state index in [0.717, 1.165) is 0 Å². The molecule has 0 saturated heterocycles. The summed E-state index contributed by atoms with van der Waals surface area (Å²) in [4.78, 5) is 9.48. The van der Waals surface area contributed by atoms with E-state index in [1.807, 2.05) is 0 Å². The lowest BCUT2D eigenvalue weighted by Crippen LogP contribution is -2.31. The summed E-state index contributed by atoms with van der Waals surface area (Å²) in [5.74, 6) is 0. The van der Waals surface area contributed by atoms with Gasteiger partial charge >= 0.3 is 0 Å². The number of anilines is 8. The summed E-state index contributed by atoms with van der Waals surface area (Å²) in [5, 5.41) is 20.8. The number of nitrogens with zero attached hydrogens (tertiary/aromatic N) is 4. The Morgan fingerprint density at radius 3 is 0.954 bits per heavy atom. The maximum atomic E-state index is 2.40. The third-order valence-corrected chi connectivity index (χ3v) is 23.7. The fraction of sp³-hybridized carbons (Fsp3) is 0.0667. The van der Waals surface area contributed by atoms with Gasteiger partial charge in [0.2, 0.25) is 0 Å². The Bertz CT molecular complexity index is 6580. The van der Waals surface area contributed by atoms with E-state index < -0.39 is 0 Å². The molecule has 0 saturated carbocycles. The van der Waals surface area contributed by atoms with Crippen molar-refractivity contribution >= 4 is 132 Å². The first-order valence-corrected chi connectivity index (χ1v) is 38.0. The van der Waals surface area contributed by atoms with Gasteiger partial charge in [-0.15, -0.1) is 0 Å². The van der Waals surface area contributed by atoms with Crippen LogP contribution in [0.3, 0.4) is 0 Å². The highest BCUT2D eigenvalue weighted by Crippen LogP contribution is 2.57. The van der Waals surface area contributed by atoms with Crippen LogP contribution < -0.4 is 19.6 Å². The summed E-state index contributed by atoms with van der Waals surface area (Å²) in [5.41, 5.74) is 28.6. The normalized spacial score (nSPS) is 13.0. The SMILES string of the molecule is CN1c2c(ccc3ccccc23)-c2ccccc2-c2ccc3ccccc3c21.CN1c2cc3ccccc3cc2-c2ccccc2-c2cc3ccccc3cc21.CN1c2ccc3ccccc3c2-c2ccccc2-c2c1ccc1ccccc21.CN1c2ccccc2C(C)(C)c2c1c1ccccc1c1ccccc21. The van der Waals surface area contributed by atoms with Crippen LogP contribution in [0, 0.1) is 0 Å². The third kappa shape index (κ3) is 10.4. The second-order valence-corrected chi connectivity index (χ2v) is 30.0. The quantitative estimate of drug-likeness (QED) is 0.140. The largest absolute Gasteiger partial charge is 0.344 e. The molecular formula is C105H78N4. The van der Waals surface area contributed by atoms with Crippen LogP contribution in [0.1, 0.15) is 25.0 Å². The number of hydrogen-bond donors (Lipinski definition) is 0. The molecule has 0 amide bonds. The zero-order valence-electron chi connectivity index (χ0n) is 61.9. The van der Waals surface area contributed by atoms with Crippen molar-refractivity contribution in [3.05, 3.63) is 375 Å². The molecular weight excluding hydrogens is 1320 g/mol. The molecule has 518 valence electrons. The highest BCUT2D eigenvalue weighted by Gasteiger charge is 2.38. The maximum absolute atomic E-state index is 2.40. The molecule has 4 nitrogen and oxygen atoms in total. The fourth-order valence-corrected chi connectivity index (χ4v) is 18.6. The van der Waals surface area contributed by atoms with Gasteiger partial charge in [0.15, 0.2) is 0 Å². The van der Waals surface area contributed by atoms with Crippen LogP contribution in [0.25, 0.3) is 153 Å². The number of rotatable bonds is 0. The van der Waals surface area contributed by atoms with E-state index in [4.69, 9.17) is 0 Å². The fourth-order valence-electron chi connectivity index (χ4n) is 18.6. The molecule has 0 spiro atoms. The van der Waals surface area contributed by atoms with Crippen molar-refractivity contribution in [2.45, 2.75) is 19.3 Å². The Labute approximate surface area is 636 Å². The van der Waals surface area contributed by atoms with E-state index in [2.05, 4.69) is 426 Å². The van der Waals surface area contributed by atoms with Crippen LogP contribution in [0.5, 0.6) is 0 Å². The van der Waals surface area contributed by atoms with Crippen molar-refractivity contribution in [3.63, 3.8) is 0 Å². The monoisotopic (exact) mass is 1390 g/mol. The molecule has 4 aliphatic rings. The minimum atomic E-state index is -0.0396. The Hall–Kier alpha value is -13.5. The van der Waals surface area contributed by atoms with E-state index >= 15 is 0 Å². The summed E-state index contributed by atoms with van der Waals surface area (Å²) in [6.07, 6.45) is 0.